The van der Waals surface area contributed by atoms with Gasteiger partial charge in [-0.2, -0.15) is 0 Å². The standard InChI is InChI=1S/C27H23NO3/c1-3-24(26(29)20-14-8-5-9-15-20)31-27(30)22-17-23(19-12-6-4-7-13-19)28-25-18(2)11-10-16-21(22)25/h4-17,24H,3H2,1-2H3/t24-/m1/s1. The molecular formula is C27H23NO3. The summed E-state index contributed by atoms with van der Waals surface area (Å²) >= 11 is 0. The second-order valence-corrected chi connectivity index (χ2v) is 7.42. The van der Waals surface area contributed by atoms with Gasteiger partial charge < -0.3 is 4.74 Å². The predicted molar refractivity (Wildman–Crippen MR) is 122 cm³/mol. The van der Waals surface area contributed by atoms with Crippen LogP contribution in [0.25, 0.3) is 22.2 Å². The number of carbonyl (C=O) groups excluding carboxylic acids is 2. The number of carbonyl (C=O) groups is 2. The van der Waals surface area contributed by atoms with Gasteiger partial charge in [-0.1, -0.05) is 85.8 Å². The number of benzene rings is 3. The fraction of sp³-hybridized carbons (Fsp3) is 0.148. The number of hydrogen-bond donors (Lipinski definition) is 0. The summed E-state index contributed by atoms with van der Waals surface area (Å²) in [6.45, 7) is 3.80. The van der Waals surface area contributed by atoms with Crippen LogP contribution in [0.5, 0.6) is 0 Å². The van der Waals surface area contributed by atoms with Crippen molar-refractivity contribution >= 4 is 22.7 Å². The molecular weight excluding hydrogens is 386 g/mol. The predicted octanol–water partition coefficient (Wildman–Crippen LogP) is 6.03. The van der Waals surface area contributed by atoms with Crippen molar-refractivity contribution in [2.24, 2.45) is 0 Å². The average Bonchev–Trinajstić information content (AvgIpc) is 2.82. The molecule has 31 heavy (non-hydrogen) atoms. The highest BCUT2D eigenvalue weighted by Crippen LogP contribution is 2.28. The lowest BCUT2D eigenvalue weighted by atomic mass is 10.0. The Kier molecular flexibility index (Phi) is 5.89. The van der Waals surface area contributed by atoms with E-state index in [9.17, 15) is 9.59 Å². The van der Waals surface area contributed by atoms with Gasteiger partial charge in [-0.3, -0.25) is 4.79 Å². The van der Waals surface area contributed by atoms with Crippen molar-refractivity contribution in [3.05, 3.63) is 102 Å². The van der Waals surface area contributed by atoms with Crippen LogP contribution in [0.2, 0.25) is 0 Å². The van der Waals surface area contributed by atoms with Crippen LogP contribution in [0, 0.1) is 6.92 Å². The van der Waals surface area contributed by atoms with E-state index in [1.54, 1.807) is 30.3 Å². The number of Topliss-reactive ketones (excluding diaryl/α,β-unsaturated/α-hetero) is 1. The van der Waals surface area contributed by atoms with Crippen LogP contribution >= 0.6 is 0 Å². The fourth-order valence-corrected chi connectivity index (χ4v) is 3.62. The van der Waals surface area contributed by atoms with Crippen molar-refractivity contribution in [1.29, 1.82) is 0 Å². The lowest BCUT2D eigenvalue weighted by Crippen LogP contribution is -2.27. The van der Waals surface area contributed by atoms with Crippen LogP contribution in [-0.2, 0) is 4.74 Å². The van der Waals surface area contributed by atoms with Gasteiger partial charge in [-0.05, 0) is 25.0 Å². The van der Waals surface area contributed by atoms with E-state index in [4.69, 9.17) is 9.72 Å². The van der Waals surface area contributed by atoms with Crippen molar-refractivity contribution in [1.82, 2.24) is 4.98 Å². The van der Waals surface area contributed by atoms with E-state index in [0.717, 1.165) is 16.6 Å². The van der Waals surface area contributed by atoms with Crippen molar-refractivity contribution in [2.75, 3.05) is 0 Å². The summed E-state index contributed by atoms with van der Waals surface area (Å²) in [5, 5.41) is 0.715. The number of aryl methyl sites for hydroxylation is 1. The number of fused-ring (bicyclic) bond motifs is 1. The molecule has 0 bridgehead atoms. The Morgan fingerprint density at radius 2 is 1.58 bits per heavy atom. The molecule has 0 saturated heterocycles. The first kappa shape index (κ1) is 20.5. The fourth-order valence-electron chi connectivity index (χ4n) is 3.62. The molecule has 0 saturated carbocycles. The van der Waals surface area contributed by atoms with Gasteiger partial charge in [0.2, 0.25) is 5.78 Å². The average molecular weight is 409 g/mol. The zero-order chi connectivity index (χ0) is 21.8. The Morgan fingerprint density at radius 3 is 2.26 bits per heavy atom. The van der Waals surface area contributed by atoms with Gasteiger partial charge in [0.15, 0.2) is 6.10 Å². The van der Waals surface area contributed by atoms with E-state index in [0.29, 0.717) is 28.6 Å². The number of hydrogen-bond acceptors (Lipinski definition) is 4. The second kappa shape index (κ2) is 8.92. The van der Waals surface area contributed by atoms with Gasteiger partial charge in [-0.15, -0.1) is 0 Å². The summed E-state index contributed by atoms with van der Waals surface area (Å²) in [6.07, 6.45) is -0.448. The van der Waals surface area contributed by atoms with Crippen LogP contribution in [0.15, 0.2) is 84.9 Å². The molecule has 0 N–H and O–H groups in total. The number of ether oxygens (including phenoxy) is 1. The van der Waals surface area contributed by atoms with Crippen molar-refractivity contribution in [2.45, 2.75) is 26.4 Å². The van der Waals surface area contributed by atoms with E-state index in [2.05, 4.69) is 0 Å². The van der Waals surface area contributed by atoms with Crippen LogP contribution in [-0.4, -0.2) is 22.8 Å². The summed E-state index contributed by atoms with van der Waals surface area (Å²) in [7, 11) is 0. The topological polar surface area (TPSA) is 56.3 Å². The van der Waals surface area contributed by atoms with E-state index in [1.165, 1.54) is 0 Å². The van der Waals surface area contributed by atoms with Crippen LogP contribution < -0.4 is 0 Å². The van der Waals surface area contributed by atoms with Crippen LogP contribution in [0.4, 0.5) is 0 Å². The summed E-state index contributed by atoms with van der Waals surface area (Å²) in [4.78, 5) is 30.9. The molecule has 1 aromatic heterocycles. The van der Waals surface area contributed by atoms with E-state index in [-0.39, 0.29) is 5.78 Å². The van der Waals surface area contributed by atoms with E-state index < -0.39 is 12.1 Å². The Labute approximate surface area is 181 Å². The summed E-state index contributed by atoms with van der Waals surface area (Å²) < 4.78 is 5.72. The summed E-state index contributed by atoms with van der Waals surface area (Å²) in [5.41, 5.74) is 4.26. The molecule has 0 aliphatic rings. The Balaban J connectivity index is 1.74. The SMILES string of the molecule is CC[C@@H](OC(=O)c1cc(-c2ccccc2)nc2c(C)cccc12)C(=O)c1ccccc1. The lowest BCUT2D eigenvalue weighted by Gasteiger charge is -2.17. The first-order chi connectivity index (χ1) is 15.1. The second-order valence-electron chi connectivity index (χ2n) is 7.42. The third kappa shape index (κ3) is 4.24. The molecule has 0 fully saturated rings. The maximum Gasteiger partial charge on any atom is 0.339 e. The molecule has 1 heterocycles. The van der Waals surface area contributed by atoms with Crippen LogP contribution in [0.3, 0.4) is 0 Å². The number of esters is 1. The van der Waals surface area contributed by atoms with E-state index >= 15 is 0 Å². The quantitative estimate of drug-likeness (QED) is 0.288. The molecule has 4 heteroatoms. The number of pyridine rings is 1. The third-order valence-corrected chi connectivity index (χ3v) is 5.30. The maximum absolute atomic E-state index is 13.3. The zero-order valence-electron chi connectivity index (χ0n) is 17.5. The normalized spacial score (nSPS) is 11.8. The molecule has 0 amide bonds. The zero-order valence-corrected chi connectivity index (χ0v) is 17.5. The minimum Gasteiger partial charge on any atom is -0.450 e. The van der Waals surface area contributed by atoms with Gasteiger partial charge in [0.25, 0.3) is 0 Å². The highest BCUT2D eigenvalue weighted by atomic mass is 16.5. The first-order valence-corrected chi connectivity index (χ1v) is 10.3. The van der Waals surface area contributed by atoms with Crippen molar-refractivity contribution in [3.8, 4) is 11.3 Å². The summed E-state index contributed by atoms with van der Waals surface area (Å²) in [6, 6.07) is 26.1. The number of rotatable bonds is 6. The third-order valence-electron chi connectivity index (χ3n) is 5.30. The molecule has 4 aromatic rings. The Bertz CT molecular complexity index is 1230. The summed E-state index contributed by atoms with van der Waals surface area (Å²) in [5.74, 6) is -0.722. The molecule has 154 valence electrons. The molecule has 0 unspecified atom stereocenters. The molecule has 4 rings (SSSR count). The maximum atomic E-state index is 13.3. The molecule has 0 aliphatic carbocycles. The molecule has 4 nitrogen and oxygen atoms in total. The highest BCUT2D eigenvalue weighted by molar-refractivity contribution is 6.07. The number of aromatic nitrogens is 1. The number of nitrogens with zero attached hydrogens (tertiary/aromatic N) is 1. The van der Waals surface area contributed by atoms with Crippen molar-refractivity contribution < 1.29 is 14.3 Å². The highest BCUT2D eigenvalue weighted by Gasteiger charge is 2.25. The smallest absolute Gasteiger partial charge is 0.339 e. The largest absolute Gasteiger partial charge is 0.450 e. The molecule has 0 spiro atoms. The molecule has 1 atom stereocenters. The Morgan fingerprint density at radius 1 is 0.903 bits per heavy atom. The van der Waals surface area contributed by atoms with Gasteiger partial charge >= 0.3 is 5.97 Å². The van der Waals surface area contributed by atoms with Gasteiger partial charge in [-0.25, -0.2) is 9.78 Å². The van der Waals surface area contributed by atoms with Crippen molar-refractivity contribution in [3.63, 3.8) is 0 Å². The minimum absolute atomic E-state index is 0.200. The van der Waals surface area contributed by atoms with Gasteiger partial charge in [0.05, 0.1) is 16.8 Å². The van der Waals surface area contributed by atoms with Gasteiger partial charge in [0.1, 0.15) is 0 Å². The molecule has 0 radical (unpaired) electrons. The minimum atomic E-state index is -0.844. The molecule has 3 aromatic carbocycles. The van der Waals surface area contributed by atoms with E-state index in [1.807, 2.05) is 68.4 Å². The number of para-hydroxylation sites is 1. The first-order valence-electron chi connectivity index (χ1n) is 10.3. The lowest BCUT2D eigenvalue weighted by molar-refractivity contribution is 0.0279. The molecule has 0 aliphatic heterocycles. The number of ketones is 1. The Hall–Kier alpha value is -3.79. The van der Waals surface area contributed by atoms with Gasteiger partial charge in [0, 0.05) is 16.5 Å². The monoisotopic (exact) mass is 409 g/mol. The van der Waals surface area contributed by atoms with Crippen LogP contribution in [0.1, 0.15) is 39.6 Å².